The first-order chi connectivity index (χ1) is 9.50. The standard InChI is InChI=1S/C15H19F2NO2/c1-9(2)14-10(6-7-20-14)8-18-15(19)11-4-3-5-12(16)13(11)17/h3-5,9-10,14H,6-8H2,1-2H3,(H,18,19)/t10-,14-/m1/s1. The van der Waals surface area contributed by atoms with Crippen LogP contribution in [0.25, 0.3) is 0 Å². The molecule has 1 fully saturated rings. The third-order valence-corrected chi connectivity index (χ3v) is 3.64. The van der Waals surface area contributed by atoms with Gasteiger partial charge in [0.25, 0.3) is 5.91 Å². The summed E-state index contributed by atoms with van der Waals surface area (Å²) in [7, 11) is 0. The van der Waals surface area contributed by atoms with Crippen LogP contribution in [0.3, 0.4) is 0 Å². The van der Waals surface area contributed by atoms with E-state index in [1.54, 1.807) is 0 Å². The second-order valence-corrected chi connectivity index (χ2v) is 5.44. The van der Waals surface area contributed by atoms with Gasteiger partial charge in [-0.25, -0.2) is 8.78 Å². The molecule has 1 aliphatic rings. The molecule has 0 aromatic heterocycles. The Bertz CT molecular complexity index is 491. The van der Waals surface area contributed by atoms with Crippen LogP contribution in [-0.2, 0) is 4.74 Å². The lowest BCUT2D eigenvalue weighted by Gasteiger charge is -2.22. The van der Waals surface area contributed by atoms with E-state index >= 15 is 0 Å². The molecule has 2 rings (SSSR count). The number of rotatable bonds is 4. The summed E-state index contributed by atoms with van der Waals surface area (Å²) in [6.07, 6.45) is 0.974. The molecule has 5 heteroatoms. The van der Waals surface area contributed by atoms with E-state index in [1.807, 2.05) is 0 Å². The molecule has 110 valence electrons. The Morgan fingerprint density at radius 1 is 1.45 bits per heavy atom. The van der Waals surface area contributed by atoms with Crippen molar-refractivity contribution in [2.24, 2.45) is 11.8 Å². The highest BCUT2D eigenvalue weighted by atomic mass is 19.2. The van der Waals surface area contributed by atoms with Gasteiger partial charge in [0, 0.05) is 19.1 Å². The van der Waals surface area contributed by atoms with Crippen molar-refractivity contribution in [2.45, 2.75) is 26.4 Å². The molecule has 20 heavy (non-hydrogen) atoms. The highest BCUT2D eigenvalue weighted by Crippen LogP contribution is 2.26. The molecule has 0 unspecified atom stereocenters. The van der Waals surface area contributed by atoms with E-state index in [1.165, 1.54) is 12.1 Å². The minimum Gasteiger partial charge on any atom is -0.378 e. The van der Waals surface area contributed by atoms with E-state index in [0.29, 0.717) is 19.1 Å². The molecule has 1 aromatic carbocycles. The number of amides is 1. The van der Waals surface area contributed by atoms with Crippen LogP contribution in [0.4, 0.5) is 8.78 Å². The number of hydrogen-bond acceptors (Lipinski definition) is 2. The smallest absolute Gasteiger partial charge is 0.254 e. The number of halogens is 2. The van der Waals surface area contributed by atoms with Crippen molar-refractivity contribution in [3.05, 3.63) is 35.4 Å². The summed E-state index contributed by atoms with van der Waals surface area (Å²) in [6, 6.07) is 3.59. The Hall–Kier alpha value is -1.49. The third-order valence-electron chi connectivity index (χ3n) is 3.64. The molecule has 0 bridgehead atoms. The van der Waals surface area contributed by atoms with E-state index in [-0.39, 0.29) is 17.6 Å². The van der Waals surface area contributed by atoms with Gasteiger partial charge in [-0.1, -0.05) is 19.9 Å². The Kier molecular flexibility index (Phi) is 4.70. The van der Waals surface area contributed by atoms with Crippen LogP contribution >= 0.6 is 0 Å². The first-order valence-electron chi connectivity index (χ1n) is 6.84. The van der Waals surface area contributed by atoms with Gasteiger partial charge in [0.2, 0.25) is 0 Å². The molecular formula is C15H19F2NO2. The molecule has 1 amide bonds. The van der Waals surface area contributed by atoms with Gasteiger partial charge in [-0.3, -0.25) is 4.79 Å². The van der Waals surface area contributed by atoms with Crippen LogP contribution < -0.4 is 5.32 Å². The van der Waals surface area contributed by atoms with Crippen molar-refractivity contribution in [3.63, 3.8) is 0 Å². The zero-order chi connectivity index (χ0) is 14.7. The van der Waals surface area contributed by atoms with Gasteiger partial charge in [0.1, 0.15) is 0 Å². The summed E-state index contributed by atoms with van der Waals surface area (Å²) >= 11 is 0. The minimum absolute atomic E-state index is 0.104. The second kappa shape index (κ2) is 6.31. The summed E-state index contributed by atoms with van der Waals surface area (Å²) in [5.41, 5.74) is -0.259. The molecule has 0 radical (unpaired) electrons. The Balaban J connectivity index is 1.97. The van der Waals surface area contributed by atoms with Crippen LogP contribution in [0.5, 0.6) is 0 Å². The number of benzene rings is 1. The fourth-order valence-corrected chi connectivity index (χ4v) is 2.61. The molecule has 1 aromatic rings. The zero-order valence-corrected chi connectivity index (χ0v) is 11.7. The average molecular weight is 283 g/mol. The SMILES string of the molecule is CC(C)[C@H]1OCC[C@@H]1CNC(=O)c1cccc(F)c1F. The zero-order valence-electron chi connectivity index (χ0n) is 11.7. The highest BCUT2D eigenvalue weighted by molar-refractivity contribution is 5.94. The normalized spacial score (nSPS) is 22.2. The fraction of sp³-hybridized carbons (Fsp3) is 0.533. The van der Waals surface area contributed by atoms with Crippen molar-refractivity contribution >= 4 is 5.91 Å². The maximum atomic E-state index is 13.5. The summed E-state index contributed by atoms with van der Waals surface area (Å²) in [4.78, 5) is 11.9. The second-order valence-electron chi connectivity index (χ2n) is 5.44. The van der Waals surface area contributed by atoms with Gasteiger partial charge in [-0.15, -0.1) is 0 Å². The predicted octanol–water partition coefficient (Wildman–Crippen LogP) is 2.76. The van der Waals surface area contributed by atoms with E-state index in [4.69, 9.17) is 4.74 Å². The molecule has 1 N–H and O–H groups in total. The van der Waals surface area contributed by atoms with Crippen LogP contribution in [-0.4, -0.2) is 25.2 Å². The Labute approximate surface area is 117 Å². The van der Waals surface area contributed by atoms with Gasteiger partial charge >= 0.3 is 0 Å². The van der Waals surface area contributed by atoms with E-state index in [0.717, 1.165) is 12.5 Å². The molecule has 0 aliphatic carbocycles. The topological polar surface area (TPSA) is 38.3 Å². The minimum atomic E-state index is -1.10. The first kappa shape index (κ1) is 14.9. The van der Waals surface area contributed by atoms with Gasteiger partial charge in [0.05, 0.1) is 11.7 Å². The Morgan fingerprint density at radius 3 is 2.90 bits per heavy atom. The van der Waals surface area contributed by atoms with Gasteiger partial charge in [-0.05, 0) is 24.5 Å². The predicted molar refractivity (Wildman–Crippen MR) is 71.4 cm³/mol. The van der Waals surface area contributed by atoms with Gasteiger partial charge < -0.3 is 10.1 Å². The Morgan fingerprint density at radius 2 is 2.20 bits per heavy atom. The highest BCUT2D eigenvalue weighted by Gasteiger charge is 2.31. The lowest BCUT2D eigenvalue weighted by molar-refractivity contribution is 0.0533. The van der Waals surface area contributed by atoms with Gasteiger partial charge in [0.15, 0.2) is 11.6 Å². The monoisotopic (exact) mass is 283 g/mol. The molecule has 1 aliphatic heterocycles. The largest absolute Gasteiger partial charge is 0.378 e. The molecule has 3 nitrogen and oxygen atoms in total. The number of carbonyl (C=O) groups is 1. The summed E-state index contributed by atoms with van der Waals surface area (Å²) in [5, 5.41) is 2.67. The number of carbonyl (C=O) groups excluding carboxylic acids is 1. The van der Waals surface area contributed by atoms with E-state index in [2.05, 4.69) is 19.2 Å². The maximum absolute atomic E-state index is 13.5. The molecule has 0 spiro atoms. The third kappa shape index (κ3) is 3.15. The van der Waals surface area contributed by atoms with Crippen molar-refractivity contribution in [1.82, 2.24) is 5.32 Å². The quantitative estimate of drug-likeness (QED) is 0.922. The first-order valence-corrected chi connectivity index (χ1v) is 6.84. The van der Waals surface area contributed by atoms with E-state index < -0.39 is 17.5 Å². The van der Waals surface area contributed by atoms with Crippen LogP contribution in [0.15, 0.2) is 18.2 Å². The summed E-state index contributed by atoms with van der Waals surface area (Å²) in [6.45, 7) is 5.23. The molecular weight excluding hydrogens is 264 g/mol. The average Bonchev–Trinajstić information content (AvgIpc) is 2.87. The molecule has 1 saturated heterocycles. The number of ether oxygens (including phenoxy) is 1. The molecule has 0 saturated carbocycles. The summed E-state index contributed by atoms with van der Waals surface area (Å²) < 4.78 is 32.2. The molecule has 2 atom stereocenters. The lowest BCUT2D eigenvalue weighted by atomic mass is 9.93. The number of hydrogen-bond donors (Lipinski definition) is 1. The molecule has 1 heterocycles. The summed E-state index contributed by atoms with van der Waals surface area (Å²) in [5.74, 6) is -2.12. The van der Waals surface area contributed by atoms with Crippen molar-refractivity contribution in [1.29, 1.82) is 0 Å². The van der Waals surface area contributed by atoms with Crippen molar-refractivity contribution in [2.75, 3.05) is 13.2 Å². The van der Waals surface area contributed by atoms with Crippen molar-refractivity contribution < 1.29 is 18.3 Å². The van der Waals surface area contributed by atoms with Crippen LogP contribution in [0.1, 0.15) is 30.6 Å². The van der Waals surface area contributed by atoms with Crippen molar-refractivity contribution in [3.8, 4) is 0 Å². The lowest BCUT2D eigenvalue weighted by Crippen LogP contribution is -2.35. The van der Waals surface area contributed by atoms with Gasteiger partial charge in [-0.2, -0.15) is 0 Å². The fourth-order valence-electron chi connectivity index (χ4n) is 2.61. The maximum Gasteiger partial charge on any atom is 0.254 e. The van der Waals surface area contributed by atoms with E-state index in [9.17, 15) is 13.6 Å². The van der Waals surface area contributed by atoms with Crippen LogP contribution in [0, 0.1) is 23.5 Å². The van der Waals surface area contributed by atoms with Crippen LogP contribution in [0.2, 0.25) is 0 Å². The number of nitrogens with one attached hydrogen (secondary N) is 1.